The van der Waals surface area contributed by atoms with Crippen LogP contribution in [-0.4, -0.2) is 22.4 Å². The summed E-state index contributed by atoms with van der Waals surface area (Å²) in [6.45, 7) is 1.60. The highest BCUT2D eigenvalue weighted by Gasteiger charge is 2.19. The standard InChI is InChI=1S/C17H14ClN3OS/c18-13-7-5-12(6-8-13)17-19-16(22-20-17)11-21-9-10-23-15-4-2-1-3-14(15)21/h1-8H,9-11H2. The van der Waals surface area contributed by atoms with Crippen molar-refractivity contribution in [2.24, 2.45) is 0 Å². The van der Waals surface area contributed by atoms with E-state index in [1.54, 1.807) is 0 Å². The van der Waals surface area contributed by atoms with Gasteiger partial charge in [-0.1, -0.05) is 28.9 Å². The van der Waals surface area contributed by atoms with Crippen LogP contribution in [0.1, 0.15) is 5.89 Å². The molecule has 23 heavy (non-hydrogen) atoms. The van der Waals surface area contributed by atoms with Gasteiger partial charge in [-0.15, -0.1) is 11.8 Å². The number of aromatic nitrogens is 2. The fourth-order valence-electron chi connectivity index (χ4n) is 2.59. The van der Waals surface area contributed by atoms with E-state index < -0.39 is 0 Å². The molecule has 0 saturated heterocycles. The second kappa shape index (κ2) is 6.26. The zero-order valence-electron chi connectivity index (χ0n) is 12.3. The van der Waals surface area contributed by atoms with Crippen LogP contribution in [0.15, 0.2) is 57.9 Å². The molecule has 0 radical (unpaired) electrons. The Labute approximate surface area is 143 Å². The average molecular weight is 344 g/mol. The highest BCUT2D eigenvalue weighted by Crippen LogP contribution is 2.35. The SMILES string of the molecule is Clc1ccc(-c2noc(CN3CCSc4ccccc43)n2)cc1. The van der Waals surface area contributed by atoms with Gasteiger partial charge in [-0.25, -0.2) is 0 Å². The Morgan fingerprint density at radius 1 is 1.13 bits per heavy atom. The van der Waals surface area contributed by atoms with Gasteiger partial charge >= 0.3 is 0 Å². The average Bonchev–Trinajstić information content (AvgIpc) is 3.04. The number of thioether (sulfide) groups is 1. The van der Waals surface area contributed by atoms with E-state index in [0.29, 0.717) is 23.3 Å². The number of hydrogen-bond donors (Lipinski definition) is 0. The number of rotatable bonds is 3. The highest BCUT2D eigenvalue weighted by atomic mass is 35.5. The van der Waals surface area contributed by atoms with Crippen molar-refractivity contribution in [3.63, 3.8) is 0 Å². The topological polar surface area (TPSA) is 42.2 Å². The minimum atomic E-state index is 0.594. The maximum Gasteiger partial charge on any atom is 0.246 e. The second-order valence-corrected chi connectivity index (χ2v) is 6.83. The summed E-state index contributed by atoms with van der Waals surface area (Å²) in [6.07, 6.45) is 0. The molecule has 116 valence electrons. The van der Waals surface area contributed by atoms with Crippen molar-refractivity contribution in [2.45, 2.75) is 11.4 Å². The molecule has 0 fully saturated rings. The third-order valence-corrected chi connectivity index (χ3v) is 5.02. The molecule has 4 rings (SSSR count). The summed E-state index contributed by atoms with van der Waals surface area (Å²) in [4.78, 5) is 8.09. The van der Waals surface area contributed by atoms with Crippen LogP contribution in [0.2, 0.25) is 5.02 Å². The molecule has 0 amide bonds. The molecule has 0 N–H and O–H groups in total. The van der Waals surface area contributed by atoms with Crippen LogP contribution in [-0.2, 0) is 6.54 Å². The molecule has 0 aliphatic carbocycles. The second-order valence-electron chi connectivity index (χ2n) is 5.26. The largest absolute Gasteiger partial charge is 0.360 e. The number of nitrogens with zero attached hydrogens (tertiary/aromatic N) is 3. The third-order valence-electron chi connectivity index (χ3n) is 3.72. The smallest absolute Gasteiger partial charge is 0.246 e. The Hall–Kier alpha value is -1.98. The number of anilines is 1. The summed E-state index contributed by atoms with van der Waals surface area (Å²) in [5, 5.41) is 4.77. The predicted octanol–water partition coefficient (Wildman–Crippen LogP) is 4.50. The first-order chi connectivity index (χ1) is 11.3. The van der Waals surface area contributed by atoms with Gasteiger partial charge in [-0.05, 0) is 36.4 Å². The first-order valence-electron chi connectivity index (χ1n) is 7.35. The van der Waals surface area contributed by atoms with Gasteiger partial charge in [0.15, 0.2) is 0 Å². The molecular formula is C17H14ClN3OS. The Morgan fingerprint density at radius 3 is 2.83 bits per heavy atom. The van der Waals surface area contributed by atoms with E-state index in [2.05, 4.69) is 39.3 Å². The van der Waals surface area contributed by atoms with Crippen molar-refractivity contribution < 1.29 is 4.52 Å². The molecule has 0 unspecified atom stereocenters. The first kappa shape index (κ1) is 14.6. The summed E-state index contributed by atoms with van der Waals surface area (Å²) in [5.74, 6) is 2.28. The van der Waals surface area contributed by atoms with Crippen molar-refractivity contribution in [1.29, 1.82) is 0 Å². The maximum absolute atomic E-state index is 5.91. The Kier molecular flexibility index (Phi) is 3.97. The van der Waals surface area contributed by atoms with Gasteiger partial charge in [0.1, 0.15) is 0 Å². The molecule has 6 heteroatoms. The molecule has 1 aliphatic heterocycles. The van der Waals surface area contributed by atoms with E-state index in [1.165, 1.54) is 10.6 Å². The van der Waals surface area contributed by atoms with Gasteiger partial charge in [-0.2, -0.15) is 4.98 Å². The van der Waals surface area contributed by atoms with E-state index in [9.17, 15) is 0 Å². The van der Waals surface area contributed by atoms with E-state index >= 15 is 0 Å². The minimum absolute atomic E-state index is 0.594. The quantitative estimate of drug-likeness (QED) is 0.700. The number of benzene rings is 2. The van der Waals surface area contributed by atoms with Crippen molar-refractivity contribution in [3.8, 4) is 11.4 Å². The lowest BCUT2D eigenvalue weighted by atomic mass is 10.2. The molecule has 2 heterocycles. The minimum Gasteiger partial charge on any atom is -0.360 e. The van der Waals surface area contributed by atoms with Crippen LogP contribution in [0.3, 0.4) is 0 Å². The molecule has 0 atom stereocenters. The van der Waals surface area contributed by atoms with Crippen LogP contribution >= 0.6 is 23.4 Å². The lowest BCUT2D eigenvalue weighted by molar-refractivity contribution is 0.377. The molecule has 0 spiro atoms. The van der Waals surface area contributed by atoms with Crippen molar-refractivity contribution >= 4 is 29.1 Å². The van der Waals surface area contributed by atoms with Crippen LogP contribution in [0.4, 0.5) is 5.69 Å². The lowest BCUT2D eigenvalue weighted by Crippen LogP contribution is -2.28. The monoisotopic (exact) mass is 343 g/mol. The van der Waals surface area contributed by atoms with Crippen molar-refractivity contribution in [1.82, 2.24) is 10.1 Å². The molecule has 2 aromatic carbocycles. The van der Waals surface area contributed by atoms with Crippen LogP contribution in [0, 0.1) is 0 Å². The Balaban J connectivity index is 1.56. The molecule has 1 aliphatic rings. The molecule has 0 saturated carbocycles. The van der Waals surface area contributed by atoms with Gasteiger partial charge in [0, 0.05) is 27.8 Å². The number of fused-ring (bicyclic) bond motifs is 1. The van der Waals surface area contributed by atoms with E-state index in [0.717, 1.165) is 17.9 Å². The van der Waals surface area contributed by atoms with Crippen molar-refractivity contribution in [2.75, 3.05) is 17.2 Å². The van der Waals surface area contributed by atoms with Crippen LogP contribution in [0.5, 0.6) is 0 Å². The maximum atomic E-state index is 5.91. The summed E-state index contributed by atoms with van der Waals surface area (Å²) < 4.78 is 5.42. The molecule has 3 aromatic rings. The van der Waals surface area contributed by atoms with Crippen molar-refractivity contribution in [3.05, 3.63) is 59.4 Å². The zero-order chi connectivity index (χ0) is 15.6. The van der Waals surface area contributed by atoms with Gasteiger partial charge in [0.05, 0.1) is 12.2 Å². The molecule has 4 nitrogen and oxygen atoms in total. The van der Waals surface area contributed by atoms with E-state index in [4.69, 9.17) is 16.1 Å². The third kappa shape index (κ3) is 3.07. The first-order valence-corrected chi connectivity index (χ1v) is 8.71. The summed E-state index contributed by atoms with van der Waals surface area (Å²) in [6, 6.07) is 15.9. The summed E-state index contributed by atoms with van der Waals surface area (Å²) >= 11 is 7.79. The number of hydrogen-bond acceptors (Lipinski definition) is 5. The highest BCUT2D eigenvalue weighted by molar-refractivity contribution is 7.99. The molecular weight excluding hydrogens is 330 g/mol. The fraction of sp³-hybridized carbons (Fsp3) is 0.176. The summed E-state index contributed by atoms with van der Waals surface area (Å²) in [5.41, 5.74) is 2.13. The van der Waals surface area contributed by atoms with Crippen LogP contribution < -0.4 is 4.90 Å². The number of halogens is 1. The number of para-hydroxylation sites is 1. The molecule has 1 aromatic heterocycles. The fourth-order valence-corrected chi connectivity index (χ4v) is 3.77. The summed E-state index contributed by atoms with van der Waals surface area (Å²) in [7, 11) is 0. The Morgan fingerprint density at radius 2 is 1.96 bits per heavy atom. The zero-order valence-corrected chi connectivity index (χ0v) is 13.8. The lowest BCUT2D eigenvalue weighted by Gasteiger charge is -2.29. The normalized spacial score (nSPS) is 13.9. The van der Waals surface area contributed by atoms with Gasteiger partial charge in [-0.3, -0.25) is 0 Å². The van der Waals surface area contributed by atoms with Crippen LogP contribution in [0.25, 0.3) is 11.4 Å². The van der Waals surface area contributed by atoms with E-state index in [1.807, 2.05) is 36.0 Å². The van der Waals surface area contributed by atoms with Gasteiger partial charge < -0.3 is 9.42 Å². The Bertz CT molecular complexity index is 819. The van der Waals surface area contributed by atoms with E-state index in [-0.39, 0.29) is 0 Å². The predicted molar refractivity (Wildman–Crippen MR) is 93.0 cm³/mol. The van der Waals surface area contributed by atoms with Gasteiger partial charge in [0.2, 0.25) is 11.7 Å². The molecule has 0 bridgehead atoms. The van der Waals surface area contributed by atoms with Gasteiger partial charge in [0.25, 0.3) is 0 Å².